The van der Waals surface area contributed by atoms with Gasteiger partial charge in [0.1, 0.15) is 11.6 Å². The summed E-state index contributed by atoms with van der Waals surface area (Å²) in [7, 11) is 0. The molecule has 1 aliphatic rings. The smallest absolute Gasteiger partial charge is 0.266 e. The van der Waals surface area contributed by atoms with E-state index < -0.39 is 0 Å². The van der Waals surface area contributed by atoms with Gasteiger partial charge >= 0.3 is 0 Å². The van der Waals surface area contributed by atoms with Gasteiger partial charge < -0.3 is 10.2 Å². The van der Waals surface area contributed by atoms with Crippen molar-refractivity contribution in [2.45, 2.75) is 39.0 Å². The zero-order chi connectivity index (χ0) is 20.6. The monoisotopic (exact) mass is 387 g/mol. The molecular formula is C25H29N3O. The predicted molar refractivity (Wildman–Crippen MR) is 117 cm³/mol. The lowest BCUT2D eigenvalue weighted by Gasteiger charge is -2.32. The molecule has 1 N–H and O–H groups in total. The van der Waals surface area contributed by atoms with Gasteiger partial charge in [-0.3, -0.25) is 4.79 Å². The molecule has 0 saturated carbocycles. The molecule has 3 rings (SSSR count). The molecule has 0 unspecified atom stereocenters. The summed E-state index contributed by atoms with van der Waals surface area (Å²) in [6, 6.07) is 20.6. The zero-order valence-corrected chi connectivity index (χ0v) is 17.3. The Morgan fingerprint density at radius 1 is 1.14 bits per heavy atom. The third-order valence-electron chi connectivity index (χ3n) is 5.58. The number of benzene rings is 2. The summed E-state index contributed by atoms with van der Waals surface area (Å²) < 4.78 is 0. The lowest BCUT2D eigenvalue weighted by Crippen LogP contribution is -2.39. The molecule has 150 valence electrons. The van der Waals surface area contributed by atoms with Crippen molar-refractivity contribution in [2.24, 2.45) is 5.92 Å². The summed E-state index contributed by atoms with van der Waals surface area (Å²) in [6.07, 6.45) is 4.54. The first-order valence-corrected chi connectivity index (χ1v) is 10.4. The van der Waals surface area contributed by atoms with Crippen molar-refractivity contribution < 1.29 is 4.79 Å². The van der Waals surface area contributed by atoms with Crippen molar-refractivity contribution in [3.05, 3.63) is 77.5 Å². The van der Waals surface area contributed by atoms with Crippen molar-refractivity contribution in [1.82, 2.24) is 4.90 Å². The number of anilines is 1. The maximum Gasteiger partial charge on any atom is 0.266 e. The third kappa shape index (κ3) is 5.71. The fourth-order valence-corrected chi connectivity index (χ4v) is 3.72. The van der Waals surface area contributed by atoms with Crippen LogP contribution in [0.25, 0.3) is 0 Å². The number of carbonyl (C=O) groups excluding carboxylic acids is 1. The molecule has 0 aromatic heterocycles. The molecule has 4 heteroatoms. The molecule has 0 radical (unpaired) electrons. The minimum atomic E-state index is -0.183. The lowest BCUT2D eigenvalue weighted by atomic mass is 9.90. The Labute approximate surface area is 173 Å². The van der Waals surface area contributed by atoms with E-state index in [-0.39, 0.29) is 11.5 Å². The van der Waals surface area contributed by atoms with E-state index in [2.05, 4.69) is 61.6 Å². The van der Waals surface area contributed by atoms with Crippen LogP contribution in [0.3, 0.4) is 0 Å². The van der Waals surface area contributed by atoms with Gasteiger partial charge in [0.2, 0.25) is 0 Å². The molecule has 1 heterocycles. The maximum atomic E-state index is 12.8. The van der Waals surface area contributed by atoms with E-state index in [9.17, 15) is 10.1 Å². The van der Waals surface area contributed by atoms with Gasteiger partial charge in [0.05, 0.1) is 0 Å². The van der Waals surface area contributed by atoms with Crippen LogP contribution in [0.15, 0.2) is 66.4 Å². The number of carbonyl (C=O) groups is 1. The molecule has 1 aliphatic heterocycles. The van der Waals surface area contributed by atoms with Crippen molar-refractivity contribution in [3.63, 3.8) is 0 Å². The SMILES string of the molecule is CC(C)c1ccc(N/C=C(/C#N)C(=O)N2CCC(Cc3ccccc3)CC2)cc1. The molecule has 0 bridgehead atoms. The molecular weight excluding hydrogens is 358 g/mol. The Bertz CT molecular complexity index is 871. The topological polar surface area (TPSA) is 56.1 Å². The van der Waals surface area contributed by atoms with Crippen molar-refractivity contribution in [3.8, 4) is 6.07 Å². The van der Waals surface area contributed by atoms with E-state index in [1.54, 1.807) is 4.90 Å². The number of rotatable bonds is 6. The third-order valence-corrected chi connectivity index (χ3v) is 5.58. The number of amides is 1. The van der Waals surface area contributed by atoms with Crippen LogP contribution in [-0.2, 0) is 11.2 Å². The molecule has 1 saturated heterocycles. The molecule has 0 aliphatic carbocycles. The highest BCUT2D eigenvalue weighted by Crippen LogP contribution is 2.23. The largest absolute Gasteiger partial charge is 0.360 e. The zero-order valence-electron chi connectivity index (χ0n) is 17.3. The van der Waals surface area contributed by atoms with E-state index in [0.717, 1.165) is 24.9 Å². The van der Waals surface area contributed by atoms with E-state index in [0.29, 0.717) is 24.9 Å². The molecule has 29 heavy (non-hydrogen) atoms. The number of likely N-dealkylation sites (tertiary alicyclic amines) is 1. The van der Waals surface area contributed by atoms with Crippen LogP contribution >= 0.6 is 0 Å². The number of piperidine rings is 1. The van der Waals surface area contributed by atoms with E-state index in [4.69, 9.17) is 0 Å². The van der Waals surface area contributed by atoms with Gasteiger partial charge in [-0.2, -0.15) is 5.26 Å². The number of hydrogen-bond acceptors (Lipinski definition) is 3. The first-order chi connectivity index (χ1) is 14.1. The highest BCUT2D eigenvalue weighted by Gasteiger charge is 2.25. The van der Waals surface area contributed by atoms with Crippen molar-refractivity contribution in [1.29, 1.82) is 5.26 Å². The fourth-order valence-electron chi connectivity index (χ4n) is 3.72. The second kappa shape index (κ2) is 9.93. The molecule has 1 amide bonds. The van der Waals surface area contributed by atoms with Gasteiger partial charge in [-0.1, -0.05) is 56.3 Å². The Morgan fingerprint density at radius 3 is 2.38 bits per heavy atom. The van der Waals surface area contributed by atoms with Gasteiger partial charge in [-0.25, -0.2) is 0 Å². The maximum absolute atomic E-state index is 12.8. The highest BCUT2D eigenvalue weighted by molar-refractivity contribution is 5.97. The lowest BCUT2D eigenvalue weighted by molar-refractivity contribution is -0.128. The minimum absolute atomic E-state index is 0.152. The molecule has 2 aromatic carbocycles. The van der Waals surface area contributed by atoms with Crippen LogP contribution in [0, 0.1) is 17.2 Å². The average Bonchev–Trinajstić information content (AvgIpc) is 2.75. The van der Waals surface area contributed by atoms with E-state index in [1.165, 1.54) is 17.3 Å². The summed E-state index contributed by atoms with van der Waals surface area (Å²) in [4.78, 5) is 14.6. The van der Waals surface area contributed by atoms with Gasteiger partial charge in [-0.15, -0.1) is 0 Å². The van der Waals surface area contributed by atoms with Gasteiger partial charge in [0, 0.05) is 25.0 Å². The van der Waals surface area contributed by atoms with Crippen LogP contribution in [0.1, 0.15) is 43.7 Å². The van der Waals surface area contributed by atoms with E-state index >= 15 is 0 Å². The van der Waals surface area contributed by atoms with Crippen LogP contribution < -0.4 is 5.32 Å². The predicted octanol–water partition coefficient (Wildman–Crippen LogP) is 5.11. The molecule has 4 nitrogen and oxygen atoms in total. The Hall–Kier alpha value is -3.06. The van der Waals surface area contributed by atoms with Crippen LogP contribution in [-0.4, -0.2) is 23.9 Å². The highest BCUT2D eigenvalue weighted by atomic mass is 16.2. The molecule has 0 spiro atoms. The van der Waals surface area contributed by atoms with Crippen molar-refractivity contribution >= 4 is 11.6 Å². The summed E-state index contributed by atoms with van der Waals surface area (Å²) in [5, 5.41) is 12.6. The quantitative estimate of drug-likeness (QED) is 0.553. The minimum Gasteiger partial charge on any atom is -0.360 e. The van der Waals surface area contributed by atoms with Crippen LogP contribution in [0.2, 0.25) is 0 Å². The number of hydrogen-bond donors (Lipinski definition) is 1. The van der Waals surface area contributed by atoms with Gasteiger partial charge in [0.25, 0.3) is 5.91 Å². The summed E-state index contributed by atoms with van der Waals surface area (Å²) in [5.41, 5.74) is 3.63. The number of nitrogens with zero attached hydrogens (tertiary/aromatic N) is 2. The summed E-state index contributed by atoms with van der Waals surface area (Å²) >= 11 is 0. The second-order valence-electron chi connectivity index (χ2n) is 8.02. The Kier molecular flexibility index (Phi) is 7.08. The summed E-state index contributed by atoms with van der Waals surface area (Å²) in [5.74, 6) is 0.881. The van der Waals surface area contributed by atoms with Crippen LogP contribution in [0.4, 0.5) is 5.69 Å². The number of nitrogens with one attached hydrogen (secondary N) is 1. The second-order valence-corrected chi connectivity index (χ2v) is 8.02. The summed E-state index contributed by atoms with van der Waals surface area (Å²) in [6.45, 7) is 5.71. The Balaban J connectivity index is 1.54. The fraction of sp³-hybridized carbons (Fsp3) is 0.360. The van der Waals surface area contributed by atoms with Crippen LogP contribution in [0.5, 0.6) is 0 Å². The standard InChI is InChI=1S/C25H29N3O/c1-19(2)22-8-10-24(11-9-22)27-18-23(17-26)25(29)28-14-12-21(13-15-28)16-20-6-4-3-5-7-20/h3-11,18-19,21,27H,12-16H2,1-2H3/b23-18-. The van der Waals surface area contributed by atoms with E-state index in [1.807, 2.05) is 18.2 Å². The van der Waals surface area contributed by atoms with Crippen molar-refractivity contribution in [2.75, 3.05) is 18.4 Å². The first-order valence-electron chi connectivity index (χ1n) is 10.4. The molecule has 1 fully saturated rings. The molecule has 0 atom stereocenters. The average molecular weight is 388 g/mol. The first kappa shape index (κ1) is 20.7. The number of nitriles is 1. The molecule has 2 aromatic rings. The van der Waals surface area contributed by atoms with Gasteiger partial charge in [0.15, 0.2) is 0 Å². The normalized spacial score (nSPS) is 15.2. The Morgan fingerprint density at radius 2 is 1.79 bits per heavy atom. The van der Waals surface area contributed by atoms with Gasteiger partial charge in [-0.05, 0) is 54.4 Å².